The molecule has 0 aliphatic carbocycles. The number of aryl methyl sites for hydroxylation is 1. The third kappa shape index (κ3) is 3.07. The van der Waals surface area contributed by atoms with Crippen LogP contribution in [0, 0.1) is 0 Å². The van der Waals surface area contributed by atoms with Gasteiger partial charge >= 0.3 is 0 Å². The molecule has 130 valence electrons. The fourth-order valence-corrected chi connectivity index (χ4v) is 4.07. The summed E-state index contributed by atoms with van der Waals surface area (Å²) in [6.07, 6.45) is 3.04. The van der Waals surface area contributed by atoms with E-state index >= 15 is 0 Å². The summed E-state index contributed by atoms with van der Waals surface area (Å²) in [7, 11) is 2.14. The summed E-state index contributed by atoms with van der Waals surface area (Å²) in [6, 6.07) is 9.31. The van der Waals surface area contributed by atoms with Crippen molar-refractivity contribution >= 4 is 16.8 Å². The largest absolute Gasteiger partial charge is 0.346 e. The van der Waals surface area contributed by atoms with Crippen molar-refractivity contribution in [2.24, 2.45) is 7.05 Å². The Morgan fingerprint density at radius 2 is 2.08 bits per heavy atom. The minimum absolute atomic E-state index is 0.188. The second kappa shape index (κ2) is 6.98. The number of aromatic nitrogens is 1. The van der Waals surface area contributed by atoms with E-state index in [4.69, 9.17) is 0 Å². The van der Waals surface area contributed by atoms with E-state index in [0.717, 1.165) is 32.4 Å². The van der Waals surface area contributed by atoms with Crippen LogP contribution in [0.5, 0.6) is 0 Å². The van der Waals surface area contributed by atoms with E-state index in [1.165, 1.54) is 22.2 Å². The van der Waals surface area contributed by atoms with Gasteiger partial charge in [-0.15, -0.1) is 0 Å². The molecule has 0 spiro atoms. The molecule has 1 aliphatic heterocycles. The molecule has 1 N–H and O–H groups in total. The molecule has 1 aromatic carbocycles. The number of para-hydroxylation sites is 1. The first-order valence-electron chi connectivity index (χ1n) is 9.07. The van der Waals surface area contributed by atoms with Crippen LogP contribution in [0.1, 0.15) is 50.9 Å². The summed E-state index contributed by atoms with van der Waals surface area (Å²) in [5.41, 5.74) is 4.05. The second-order valence-electron chi connectivity index (χ2n) is 7.17. The molecule has 1 amide bonds. The Hall–Kier alpha value is -1.81. The maximum atomic E-state index is 12.2. The predicted octanol–water partition coefficient (Wildman–Crippen LogP) is 3.40. The molecule has 1 aliphatic rings. The Morgan fingerprint density at radius 1 is 1.33 bits per heavy atom. The molecule has 24 heavy (non-hydrogen) atoms. The molecule has 0 saturated heterocycles. The second-order valence-corrected chi connectivity index (χ2v) is 7.17. The number of hydrogen-bond donors (Lipinski definition) is 1. The number of carbonyl (C=O) groups is 1. The van der Waals surface area contributed by atoms with E-state index in [2.05, 4.69) is 59.9 Å². The molecule has 0 bridgehead atoms. The molecule has 0 saturated carbocycles. The van der Waals surface area contributed by atoms with Crippen molar-refractivity contribution in [1.82, 2.24) is 14.8 Å². The van der Waals surface area contributed by atoms with Crippen LogP contribution < -0.4 is 5.32 Å². The zero-order valence-corrected chi connectivity index (χ0v) is 15.3. The molecule has 4 nitrogen and oxygen atoms in total. The van der Waals surface area contributed by atoms with Crippen molar-refractivity contribution < 1.29 is 4.79 Å². The van der Waals surface area contributed by atoms with Crippen molar-refractivity contribution in [3.05, 3.63) is 35.5 Å². The fraction of sp³-hybridized carbons (Fsp3) is 0.550. The highest BCUT2D eigenvalue weighted by Gasteiger charge is 2.32. The number of amides is 1. The lowest BCUT2D eigenvalue weighted by Gasteiger charge is -2.36. The molecular formula is C20H29N3O. The summed E-state index contributed by atoms with van der Waals surface area (Å²) in [4.78, 5) is 14.3. The summed E-state index contributed by atoms with van der Waals surface area (Å²) < 4.78 is 2.31. The van der Waals surface area contributed by atoms with Gasteiger partial charge < -0.3 is 14.8 Å². The van der Waals surface area contributed by atoms with Gasteiger partial charge in [0.15, 0.2) is 0 Å². The Bertz CT molecular complexity index is 732. The smallest absolute Gasteiger partial charge is 0.220 e. The van der Waals surface area contributed by atoms with Crippen LogP contribution in [0.25, 0.3) is 10.9 Å². The van der Waals surface area contributed by atoms with E-state index in [1.807, 2.05) is 0 Å². The zero-order chi connectivity index (χ0) is 17.3. The van der Waals surface area contributed by atoms with Crippen molar-refractivity contribution in [2.75, 3.05) is 13.1 Å². The maximum absolute atomic E-state index is 12.2. The molecule has 2 aromatic rings. The monoisotopic (exact) mass is 327 g/mol. The van der Waals surface area contributed by atoms with Gasteiger partial charge in [-0.3, -0.25) is 4.79 Å². The first-order chi connectivity index (χ1) is 11.5. The lowest BCUT2D eigenvalue weighted by atomic mass is 9.94. The lowest BCUT2D eigenvalue weighted by molar-refractivity contribution is -0.132. The van der Waals surface area contributed by atoms with E-state index in [1.54, 1.807) is 6.92 Å². The fourth-order valence-electron chi connectivity index (χ4n) is 4.07. The minimum Gasteiger partial charge on any atom is -0.346 e. The Balaban J connectivity index is 1.93. The first kappa shape index (κ1) is 17.0. The molecule has 1 atom stereocenters. The molecular weight excluding hydrogens is 298 g/mol. The van der Waals surface area contributed by atoms with E-state index in [-0.39, 0.29) is 11.9 Å². The van der Waals surface area contributed by atoms with Crippen LogP contribution in [-0.2, 0) is 18.3 Å². The number of rotatable bonds is 5. The van der Waals surface area contributed by atoms with Gasteiger partial charge in [-0.1, -0.05) is 32.0 Å². The van der Waals surface area contributed by atoms with Gasteiger partial charge in [0.2, 0.25) is 5.91 Å². The average molecular weight is 327 g/mol. The highest BCUT2D eigenvalue weighted by Crippen LogP contribution is 2.38. The Morgan fingerprint density at radius 3 is 2.79 bits per heavy atom. The highest BCUT2D eigenvalue weighted by atomic mass is 16.2. The zero-order valence-electron chi connectivity index (χ0n) is 15.3. The van der Waals surface area contributed by atoms with Gasteiger partial charge in [-0.05, 0) is 37.4 Å². The van der Waals surface area contributed by atoms with Gasteiger partial charge in [-0.2, -0.15) is 0 Å². The normalized spacial score (nSPS) is 17.5. The van der Waals surface area contributed by atoms with Gasteiger partial charge in [0, 0.05) is 43.2 Å². The molecule has 1 unspecified atom stereocenters. The van der Waals surface area contributed by atoms with E-state index < -0.39 is 0 Å². The number of nitrogens with zero attached hydrogens (tertiary/aromatic N) is 2. The van der Waals surface area contributed by atoms with Crippen LogP contribution in [-0.4, -0.2) is 34.5 Å². The molecule has 3 rings (SSSR count). The molecule has 0 fully saturated rings. The Labute approximate surface area is 144 Å². The third-order valence-electron chi connectivity index (χ3n) is 5.17. The molecule has 0 radical (unpaired) electrons. The van der Waals surface area contributed by atoms with Crippen LogP contribution in [0.4, 0.5) is 0 Å². The predicted molar refractivity (Wildman–Crippen MR) is 99.1 cm³/mol. The minimum atomic E-state index is 0.188. The summed E-state index contributed by atoms with van der Waals surface area (Å²) in [5, 5.41) is 4.83. The van der Waals surface area contributed by atoms with Crippen molar-refractivity contribution in [2.45, 2.75) is 52.1 Å². The topological polar surface area (TPSA) is 37.3 Å². The van der Waals surface area contributed by atoms with E-state index in [0.29, 0.717) is 6.04 Å². The standard InChI is InChI=1S/C20H29N3O/c1-14(2)21-12-7-10-19-20-17(11-13-23(19)15(3)24)16-8-5-6-9-18(16)22(20)4/h5-6,8-9,14,19,21H,7,10-13H2,1-4H3. The van der Waals surface area contributed by atoms with Crippen LogP contribution >= 0.6 is 0 Å². The summed E-state index contributed by atoms with van der Waals surface area (Å²) in [6.45, 7) is 7.87. The first-order valence-corrected chi connectivity index (χ1v) is 9.07. The van der Waals surface area contributed by atoms with Crippen LogP contribution in [0.3, 0.4) is 0 Å². The molecule has 2 heterocycles. The highest BCUT2D eigenvalue weighted by molar-refractivity contribution is 5.86. The third-order valence-corrected chi connectivity index (χ3v) is 5.17. The number of nitrogens with one attached hydrogen (secondary N) is 1. The molecule has 4 heteroatoms. The van der Waals surface area contributed by atoms with E-state index in [9.17, 15) is 4.79 Å². The van der Waals surface area contributed by atoms with Crippen molar-refractivity contribution in [3.63, 3.8) is 0 Å². The van der Waals surface area contributed by atoms with Gasteiger partial charge in [-0.25, -0.2) is 0 Å². The quantitative estimate of drug-likeness (QED) is 0.855. The average Bonchev–Trinajstić information content (AvgIpc) is 2.85. The number of fused-ring (bicyclic) bond motifs is 3. The molecule has 1 aromatic heterocycles. The van der Waals surface area contributed by atoms with Gasteiger partial charge in [0.1, 0.15) is 0 Å². The van der Waals surface area contributed by atoms with Crippen molar-refractivity contribution in [1.29, 1.82) is 0 Å². The van der Waals surface area contributed by atoms with Crippen LogP contribution in [0.2, 0.25) is 0 Å². The number of benzene rings is 1. The number of carbonyl (C=O) groups excluding carboxylic acids is 1. The summed E-state index contributed by atoms with van der Waals surface area (Å²) >= 11 is 0. The summed E-state index contributed by atoms with van der Waals surface area (Å²) in [5.74, 6) is 0.188. The Kier molecular flexibility index (Phi) is 4.95. The number of hydrogen-bond acceptors (Lipinski definition) is 2. The van der Waals surface area contributed by atoms with Crippen LogP contribution in [0.15, 0.2) is 24.3 Å². The van der Waals surface area contributed by atoms with Gasteiger partial charge in [0.25, 0.3) is 0 Å². The van der Waals surface area contributed by atoms with Crippen molar-refractivity contribution in [3.8, 4) is 0 Å². The lowest BCUT2D eigenvalue weighted by Crippen LogP contribution is -2.39. The van der Waals surface area contributed by atoms with Gasteiger partial charge in [0.05, 0.1) is 6.04 Å². The SMILES string of the molecule is CC(=O)N1CCc2c(n(C)c3ccccc23)C1CCCNC(C)C. The maximum Gasteiger partial charge on any atom is 0.220 e.